The number of halogens is 1. The van der Waals surface area contributed by atoms with Gasteiger partial charge >= 0.3 is 5.97 Å². The number of nitrogens with zero attached hydrogens (tertiary/aromatic N) is 1. The maximum atomic E-state index is 11.1. The van der Waals surface area contributed by atoms with Crippen molar-refractivity contribution < 1.29 is 19.7 Å². The number of aliphatic hydroxyl groups is 1. The Labute approximate surface area is 208 Å². The molecule has 6 heteroatoms. The maximum Gasteiger partial charge on any atom is 0.303 e. The number of rotatable bonds is 12. The number of likely N-dealkylation sites (tertiary alicyclic amines) is 1. The van der Waals surface area contributed by atoms with Crippen LogP contribution in [0.1, 0.15) is 67.0 Å². The molecule has 0 spiro atoms. The summed E-state index contributed by atoms with van der Waals surface area (Å²) in [6, 6.07) is 12.7. The number of aliphatic carboxylic acids is 1. The van der Waals surface area contributed by atoms with Gasteiger partial charge in [0.2, 0.25) is 0 Å². The Hall–Kier alpha value is -1.92. The predicted molar refractivity (Wildman–Crippen MR) is 137 cm³/mol. The Morgan fingerprint density at radius 3 is 2.82 bits per heavy atom. The highest BCUT2D eigenvalue weighted by molar-refractivity contribution is 6.31. The minimum atomic E-state index is -0.803. The van der Waals surface area contributed by atoms with E-state index in [9.17, 15) is 9.90 Å². The molecule has 2 aromatic rings. The summed E-state index contributed by atoms with van der Waals surface area (Å²) >= 11 is 6.28. The number of β-amino-alcohol motifs (C(OH)–C–C–N with tert-alkyl or cyclic N) is 1. The molecule has 0 unspecified atom stereocenters. The lowest BCUT2D eigenvalue weighted by molar-refractivity contribution is -0.136. The number of aryl methyl sites for hydroxylation is 2. The van der Waals surface area contributed by atoms with E-state index in [1.165, 1.54) is 11.1 Å². The molecule has 0 bridgehead atoms. The first-order valence-corrected chi connectivity index (χ1v) is 12.8. The average Bonchev–Trinajstić information content (AvgIpc) is 3.23. The average molecular weight is 488 g/mol. The molecule has 186 valence electrons. The van der Waals surface area contributed by atoms with E-state index in [2.05, 4.69) is 24.0 Å². The highest BCUT2D eigenvalue weighted by Gasteiger charge is 2.27. The fourth-order valence-electron chi connectivity index (χ4n) is 5.01. The van der Waals surface area contributed by atoms with Crippen molar-refractivity contribution in [1.82, 2.24) is 4.90 Å². The van der Waals surface area contributed by atoms with Gasteiger partial charge < -0.3 is 14.9 Å². The molecule has 0 radical (unpaired) electrons. The van der Waals surface area contributed by atoms with Crippen LogP contribution in [0.15, 0.2) is 36.4 Å². The van der Waals surface area contributed by atoms with E-state index in [1.54, 1.807) is 0 Å². The van der Waals surface area contributed by atoms with E-state index in [4.69, 9.17) is 21.4 Å². The Morgan fingerprint density at radius 1 is 1.29 bits per heavy atom. The second-order valence-corrected chi connectivity index (χ2v) is 9.85. The van der Waals surface area contributed by atoms with E-state index in [1.807, 2.05) is 38.1 Å². The van der Waals surface area contributed by atoms with Gasteiger partial charge in [-0.05, 0) is 86.4 Å². The summed E-state index contributed by atoms with van der Waals surface area (Å²) in [6.45, 7) is 7.91. The lowest BCUT2D eigenvalue weighted by Crippen LogP contribution is -2.39. The third-order valence-corrected chi connectivity index (χ3v) is 7.29. The highest BCUT2D eigenvalue weighted by atomic mass is 35.5. The second kappa shape index (κ2) is 12.7. The van der Waals surface area contributed by atoms with Gasteiger partial charge in [-0.1, -0.05) is 48.9 Å². The molecule has 0 aromatic heterocycles. The molecular formula is C28H38ClNO4. The molecule has 0 aliphatic carbocycles. The Morgan fingerprint density at radius 2 is 2.09 bits per heavy atom. The first-order valence-electron chi connectivity index (χ1n) is 12.4. The standard InChI is InChI=1S/C28H38ClNO4/c1-4-22-15-21(10-12-27(22)29)16-23-8-6-14-30(23)17-24(31)18-34-20(3)26-9-5-7-19(2)25(26)11-13-28(32)33/h5,7,9-10,12,15,20,23-24,31H,4,6,8,11,13-14,16-18H2,1-3H3,(H,32,33)/t20-,23+,24+/m1/s1. The quantitative estimate of drug-likeness (QED) is 0.421. The SMILES string of the molecule is CCc1cc(C[C@@H]2CCCN2C[C@H](O)CO[C@H](C)c2cccc(C)c2CCC(=O)O)ccc1Cl. The fraction of sp³-hybridized carbons (Fsp3) is 0.536. The molecule has 1 aliphatic heterocycles. The van der Waals surface area contributed by atoms with Gasteiger partial charge in [0.25, 0.3) is 0 Å². The van der Waals surface area contributed by atoms with Gasteiger partial charge in [0.15, 0.2) is 0 Å². The number of benzene rings is 2. The summed E-state index contributed by atoms with van der Waals surface area (Å²) in [4.78, 5) is 13.4. The van der Waals surface area contributed by atoms with Crippen molar-refractivity contribution in [2.75, 3.05) is 19.7 Å². The van der Waals surface area contributed by atoms with Gasteiger partial charge in [0, 0.05) is 24.0 Å². The molecule has 0 saturated carbocycles. The summed E-state index contributed by atoms with van der Waals surface area (Å²) in [5.74, 6) is -0.803. The molecular weight excluding hydrogens is 450 g/mol. The van der Waals surface area contributed by atoms with E-state index >= 15 is 0 Å². The van der Waals surface area contributed by atoms with Crippen LogP contribution in [0.4, 0.5) is 0 Å². The number of hydrogen-bond donors (Lipinski definition) is 2. The van der Waals surface area contributed by atoms with Crippen LogP contribution in [0.2, 0.25) is 5.02 Å². The van der Waals surface area contributed by atoms with Crippen molar-refractivity contribution in [3.63, 3.8) is 0 Å². The van der Waals surface area contributed by atoms with Gasteiger partial charge in [0.1, 0.15) is 0 Å². The van der Waals surface area contributed by atoms with Crippen molar-refractivity contribution in [2.24, 2.45) is 0 Å². The summed E-state index contributed by atoms with van der Waals surface area (Å²) in [7, 11) is 0. The number of carboxylic acid groups (broad SMARTS) is 1. The van der Waals surface area contributed by atoms with Crippen LogP contribution in [0, 0.1) is 6.92 Å². The lowest BCUT2D eigenvalue weighted by Gasteiger charge is -2.28. The zero-order valence-corrected chi connectivity index (χ0v) is 21.4. The number of ether oxygens (including phenoxy) is 1. The van der Waals surface area contributed by atoms with Crippen molar-refractivity contribution in [2.45, 2.75) is 77.5 Å². The monoisotopic (exact) mass is 487 g/mol. The lowest BCUT2D eigenvalue weighted by atomic mass is 9.95. The fourth-order valence-corrected chi connectivity index (χ4v) is 5.26. The topological polar surface area (TPSA) is 70.0 Å². The van der Waals surface area contributed by atoms with Crippen molar-refractivity contribution in [1.29, 1.82) is 0 Å². The zero-order chi connectivity index (χ0) is 24.7. The summed E-state index contributed by atoms with van der Waals surface area (Å²) in [6.07, 6.45) is 3.94. The van der Waals surface area contributed by atoms with Crippen LogP contribution in [0.5, 0.6) is 0 Å². The molecule has 0 amide bonds. The molecule has 2 N–H and O–H groups in total. The molecule has 1 saturated heterocycles. The summed E-state index contributed by atoms with van der Waals surface area (Å²) in [5, 5.41) is 20.7. The molecule has 1 aliphatic rings. The number of carboxylic acids is 1. The van der Waals surface area contributed by atoms with E-state index < -0.39 is 12.1 Å². The third-order valence-electron chi connectivity index (χ3n) is 6.92. The van der Waals surface area contributed by atoms with Gasteiger partial charge in [-0.15, -0.1) is 0 Å². The van der Waals surface area contributed by atoms with Crippen molar-refractivity contribution in [3.8, 4) is 0 Å². The highest BCUT2D eigenvalue weighted by Crippen LogP contribution is 2.27. The number of aliphatic hydroxyl groups excluding tert-OH is 1. The summed E-state index contributed by atoms with van der Waals surface area (Å²) < 4.78 is 6.06. The normalized spacial score (nSPS) is 18.2. The van der Waals surface area contributed by atoms with Gasteiger partial charge in [-0.2, -0.15) is 0 Å². The number of hydrogen-bond acceptors (Lipinski definition) is 4. The Kier molecular flexibility index (Phi) is 9.96. The van der Waals surface area contributed by atoms with Crippen LogP contribution in [0.3, 0.4) is 0 Å². The van der Waals surface area contributed by atoms with Gasteiger partial charge in [-0.3, -0.25) is 9.69 Å². The summed E-state index contributed by atoms with van der Waals surface area (Å²) in [5.41, 5.74) is 5.59. The third kappa shape index (κ3) is 7.29. The van der Waals surface area contributed by atoms with Crippen molar-refractivity contribution >= 4 is 17.6 Å². The maximum absolute atomic E-state index is 11.1. The smallest absolute Gasteiger partial charge is 0.303 e. The Balaban J connectivity index is 1.55. The first kappa shape index (κ1) is 26.7. The number of carbonyl (C=O) groups is 1. The molecule has 34 heavy (non-hydrogen) atoms. The zero-order valence-electron chi connectivity index (χ0n) is 20.6. The molecule has 3 rings (SSSR count). The van der Waals surface area contributed by atoms with Crippen LogP contribution < -0.4 is 0 Å². The van der Waals surface area contributed by atoms with E-state index in [0.717, 1.165) is 53.9 Å². The van der Waals surface area contributed by atoms with Crippen LogP contribution in [-0.2, 0) is 28.8 Å². The molecule has 1 fully saturated rings. The van der Waals surface area contributed by atoms with E-state index in [0.29, 0.717) is 19.0 Å². The predicted octanol–water partition coefficient (Wildman–Crippen LogP) is 5.37. The minimum absolute atomic E-state index is 0.0942. The van der Waals surface area contributed by atoms with Crippen LogP contribution >= 0.6 is 11.6 Å². The second-order valence-electron chi connectivity index (χ2n) is 9.44. The van der Waals surface area contributed by atoms with Crippen LogP contribution in [-0.4, -0.2) is 52.9 Å². The van der Waals surface area contributed by atoms with Gasteiger partial charge in [0.05, 0.1) is 18.8 Å². The molecule has 3 atom stereocenters. The van der Waals surface area contributed by atoms with E-state index in [-0.39, 0.29) is 19.1 Å². The van der Waals surface area contributed by atoms with Crippen molar-refractivity contribution in [3.05, 3.63) is 69.2 Å². The van der Waals surface area contributed by atoms with Gasteiger partial charge in [-0.25, -0.2) is 0 Å². The molecule has 2 aromatic carbocycles. The largest absolute Gasteiger partial charge is 0.481 e. The molecule has 1 heterocycles. The van der Waals surface area contributed by atoms with Crippen LogP contribution in [0.25, 0.3) is 0 Å². The Bertz CT molecular complexity index is 963. The molecule has 5 nitrogen and oxygen atoms in total. The first-order chi connectivity index (χ1) is 16.3. The minimum Gasteiger partial charge on any atom is -0.481 e.